The molecule has 0 unspecified atom stereocenters. The van der Waals surface area contributed by atoms with Gasteiger partial charge in [-0.25, -0.2) is 0 Å². The van der Waals surface area contributed by atoms with Crippen molar-refractivity contribution in [2.24, 2.45) is 11.8 Å². The molecule has 0 aliphatic carbocycles. The first-order valence-electron chi connectivity index (χ1n) is 5.97. The second kappa shape index (κ2) is 4.38. The first-order chi connectivity index (χ1) is 7.46. The second-order valence-corrected chi connectivity index (χ2v) is 8.42. The number of carbonyl (C=O) groups excluding carboxylic acids is 2. The van der Waals surface area contributed by atoms with Crippen LogP contribution in [0.15, 0.2) is 0 Å². The maximum atomic E-state index is 12.3. The smallest absolute Gasteiger partial charge is 0.233 e. The zero-order chi connectivity index (χ0) is 13.6. The molecule has 17 heavy (non-hydrogen) atoms. The fourth-order valence-corrected chi connectivity index (χ4v) is 2.82. The summed E-state index contributed by atoms with van der Waals surface area (Å²) in [4.78, 5) is 25.9. The van der Waals surface area contributed by atoms with Crippen LogP contribution in [0.2, 0.25) is 0 Å². The predicted molar refractivity (Wildman–Crippen MR) is 72.1 cm³/mol. The third kappa shape index (κ3) is 2.90. The van der Waals surface area contributed by atoms with Gasteiger partial charge in [-0.1, -0.05) is 15.9 Å². The van der Waals surface area contributed by atoms with Crippen LogP contribution in [0, 0.1) is 11.8 Å². The Hall–Kier alpha value is -0.380. The molecule has 0 aromatic rings. The van der Waals surface area contributed by atoms with Crippen LogP contribution >= 0.6 is 15.9 Å². The van der Waals surface area contributed by atoms with Crippen LogP contribution in [0.1, 0.15) is 41.5 Å². The molecule has 0 saturated carbocycles. The van der Waals surface area contributed by atoms with Gasteiger partial charge in [-0.15, -0.1) is 0 Å². The molecule has 0 spiro atoms. The molecule has 4 heteroatoms. The van der Waals surface area contributed by atoms with Crippen LogP contribution in [-0.2, 0) is 9.59 Å². The molecule has 0 aromatic carbocycles. The first-order valence-corrected chi connectivity index (χ1v) is 6.76. The number of hydrogen-bond acceptors (Lipinski definition) is 2. The molecular weight excluding hydrogens is 282 g/mol. The van der Waals surface area contributed by atoms with E-state index in [9.17, 15) is 9.59 Å². The van der Waals surface area contributed by atoms with E-state index >= 15 is 0 Å². The van der Waals surface area contributed by atoms with Crippen molar-refractivity contribution < 1.29 is 9.59 Å². The molecule has 0 radical (unpaired) electrons. The number of Topliss-reactive ketones (excluding diaryl/α,β-unsaturated/α-hetero) is 1. The Morgan fingerprint density at radius 2 is 1.76 bits per heavy atom. The molecule has 98 valence electrons. The molecule has 1 saturated heterocycles. The van der Waals surface area contributed by atoms with Crippen molar-refractivity contribution in [3.8, 4) is 0 Å². The Morgan fingerprint density at radius 1 is 1.29 bits per heavy atom. The van der Waals surface area contributed by atoms with Crippen molar-refractivity contribution in [1.29, 1.82) is 0 Å². The summed E-state index contributed by atoms with van der Waals surface area (Å²) in [5.74, 6) is -0.517. The Kier molecular flexibility index (Phi) is 3.78. The third-order valence-corrected chi connectivity index (χ3v) is 4.03. The van der Waals surface area contributed by atoms with Gasteiger partial charge < -0.3 is 4.90 Å². The van der Waals surface area contributed by atoms with Crippen molar-refractivity contribution in [2.45, 2.75) is 51.4 Å². The van der Waals surface area contributed by atoms with Gasteiger partial charge in [-0.3, -0.25) is 9.59 Å². The summed E-state index contributed by atoms with van der Waals surface area (Å²) in [5, 5.41) is 0. The lowest BCUT2D eigenvalue weighted by atomic mass is 9.83. The van der Waals surface area contributed by atoms with E-state index in [0.29, 0.717) is 6.54 Å². The number of hydrogen-bond donors (Lipinski definition) is 0. The summed E-state index contributed by atoms with van der Waals surface area (Å²) in [7, 11) is 0. The van der Waals surface area contributed by atoms with Gasteiger partial charge in [0.1, 0.15) is 11.7 Å². The molecule has 0 N–H and O–H groups in total. The third-order valence-electron chi connectivity index (χ3n) is 3.44. The second-order valence-electron chi connectivity index (χ2n) is 6.38. The van der Waals surface area contributed by atoms with E-state index in [1.54, 1.807) is 0 Å². The SMILES string of the molecule is CC(=O)[C@H]1C(=O)N(C(C)(C)C)C[C@@H]1C(C)(C)Br. The summed E-state index contributed by atoms with van der Waals surface area (Å²) < 4.78 is -0.209. The zero-order valence-corrected chi connectivity index (χ0v) is 13.1. The molecule has 1 amide bonds. The van der Waals surface area contributed by atoms with Gasteiger partial charge in [-0.2, -0.15) is 0 Å². The van der Waals surface area contributed by atoms with Crippen molar-refractivity contribution in [3.05, 3.63) is 0 Å². The van der Waals surface area contributed by atoms with E-state index in [4.69, 9.17) is 0 Å². The lowest BCUT2D eigenvalue weighted by Crippen LogP contribution is -2.43. The highest BCUT2D eigenvalue weighted by molar-refractivity contribution is 9.10. The number of rotatable bonds is 2. The lowest BCUT2D eigenvalue weighted by molar-refractivity contribution is -0.139. The summed E-state index contributed by atoms with van der Waals surface area (Å²) in [6.45, 7) is 12.2. The van der Waals surface area contributed by atoms with Gasteiger partial charge in [0.05, 0.1) is 0 Å². The largest absolute Gasteiger partial charge is 0.337 e. The van der Waals surface area contributed by atoms with Gasteiger partial charge >= 0.3 is 0 Å². The minimum atomic E-state index is -0.497. The molecule has 0 aromatic heterocycles. The van der Waals surface area contributed by atoms with Crippen LogP contribution in [0.4, 0.5) is 0 Å². The first kappa shape index (κ1) is 14.7. The van der Waals surface area contributed by atoms with Crippen molar-refractivity contribution in [1.82, 2.24) is 4.90 Å². The maximum absolute atomic E-state index is 12.3. The normalized spacial score (nSPS) is 26.5. The zero-order valence-electron chi connectivity index (χ0n) is 11.5. The molecule has 1 fully saturated rings. The number of halogens is 1. The average Bonchev–Trinajstić information content (AvgIpc) is 2.40. The predicted octanol–water partition coefficient (Wildman–Crippen LogP) is 2.62. The number of nitrogens with zero attached hydrogens (tertiary/aromatic N) is 1. The highest BCUT2D eigenvalue weighted by atomic mass is 79.9. The number of alkyl halides is 1. The molecule has 1 aliphatic rings. The summed E-state index contributed by atoms with van der Waals surface area (Å²) >= 11 is 3.60. The minimum Gasteiger partial charge on any atom is -0.337 e. The minimum absolute atomic E-state index is 0.0254. The fraction of sp³-hybridized carbons (Fsp3) is 0.846. The lowest BCUT2D eigenvalue weighted by Gasteiger charge is -2.33. The van der Waals surface area contributed by atoms with Crippen LogP contribution in [0.25, 0.3) is 0 Å². The van der Waals surface area contributed by atoms with Gasteiger partial charge in [0.25, 0.3) is 0 Å². The van der Waals surface area contributed by atoms with E-state index in [-0.39, 0.29) is 27.5 Å². The molecule has 2 atom stereocenters. The van der Waals surface area contributed by atoms with Crippen LogP contribution in [0.5, 0.6) is 0 Å². The van der Waals surface area contributed by atoms with Gasteiger partial charge in [0.15, 0.2) is 0 Å². The monoisotopic (exact) mass is 303 g/mol. The van der Waals surface area contributed by atoms with E-state index in [1.165, 1.54) is 6.92 Å². The van der Waals surface area contributed by atoms with Crippen LogP contribution in [0.3, 0.4) is 0 Å². The van der Waals surface area contributed by atoms with Crippen molar-refractivity contribution >= 4 is 27.6 Å². The molecule has 1 heterocycles. The van der Waals surface area contributed by atoms with Gasteiger partial charge in [0, 0.05) is 22.3 Å². The van der Waals surface area contributed by atoms with Crippen LogP contribution in [-0.4, -0.2) is 33.0 Å². The fourth-order valence-electron chi connectivity index (χ4n) is 2.41. The Bertz CT molecular complexity index is 338. The number of amides is 1. The molecule has 1 rings (SSSR count). The summed E-state index contributed by atoms with van der Waals surface area (Å²) in [6, 6.07) is 0. The maximum Gasteiger partial charge on any atom is 0.233 e. The average molecular weight is 304 g/mol. The number of likely N-dealkylation sites (tertiary alicyclic amines) is 1. The van der Waals surface area contributed by atoms with E-state index < -0.39 is 5.92 Å². The molecule has 0 bridgehead atoms. The van der Waals surface area contributed by atoms with Crippen molar-refractivity contribution in [2.75, 3.05) is 6.54 Å². The molecule has 3 nitrogen and oxygen atoms in total. The number of ketones is 1. The van der Waals surface area contributed by atoms with Gasteiger partial charge in [0.2, 0.25) is 5.91 Å². The highest BCUT2D eigenvalue weighted by Crippen LogP contribution is 2.41. The quantitative estimate of drug-likeness (QED) is 0.581. The highest BCUT2D eigenvalue weighted by Gasteiger charge is 2.51. The molecule has 1 aliphatic heterocycles. The number of carbonyl (C=O) groups is 2. The molecular formula is C13H22BrNO2. The van der Waals surface area contributed by atoms with Gasteiger partial charge in [-0.05, 0) is 41.5 Å². The topological polar surface area (TPSA) is 37.4 Å². The van der Waals surface area contributed by atoms with E-state index in [2.05, 4.69) is 15.9 Å². The standard InChI is InChI=1S/C13H22BrNO2/c1-8(16)10-9(13(5,6)14)7-15(11(10)17)12(2,3)4/h9-10H,7H2,1-6H3/t9-,10+/m0/s1. The Morgan fingerprint density at radius 3 is 2.00 bits per heavy atom. The van der Waals surface area contributed by atoms with Crippen LogP contribution < -0.4 is 0 Å². The Labute approximate surface area is 112 Å². The van der Waals surface area contributed by atoms with E-state index in [0.717, 1.165) is 0 Å². The summed E-state index contributed by atoms with van der Waals surface area (Å²) in [6.07, 6.45) is 0. The summed E-state index contributed by atoms with van der Waals surface area (Å²) in [5.41, 5.74) is -0.224. The van der Waals surface area contributed by atoms with Crippen molar-refractivity contribution in [3.63, 3.8) is 0 Å². The Balaban J connectivity index is 3.11. The van der Waals surface area contributed by atoms with E-state index in [1.807, 2.05) is 39.5 Å².